The number of rotatable bonds is 5. The van der Waals surface area contributed by atoms with E-state index in [1.807, 2.05) is 41.8 Å². The van der Waals surface area contributed by atoms with E-state index in [-0.39, 0.29) is 0 Å². The lowest BCUT2D eigenvalue weighted by Gasteiger charge is -2.03. The van der Waals surface area contributed by atoms with Crippen molar-refractivity contribution >= 4 is 29.4 Å². The number of hydrogen-bond donors (Lipinski definition) is 0. The minimum Gasteiger partial charge on any atom is -0.497 e. The maximum absolute atomic E-state index is 12.3. The minimum absolute atomic E-state index is 0.346. The molecular weight excluding hydrogens is 402 g/mol. The number of carbonyl (C=O) groups is 1. The Hall–Kier alpha value is -3.64. The normalized spacial score (nSPS) is 11.2. The van der Waals surface area contributed by atoms with Gasteiger partial charge in [-0.2, -0.15) is 0 Å². The fourth-order valence-electron chi connectivity index (χ4n) is 3.04. The highest BCUT2D eigenvalue weighted by molar-refractivity contribution is 6.30. The quantitative estimate of drug-likeness (QED) is 0.254. The van der Waals surface area contributed by atoms with E-state index in [0.717, 1.165) is 16.8 Å². The molecular formula is C23H18ClN3O3. The van der Waals surface area contributed by atoms with Gasteiger partial charge in [-0.25, -0.2) is 9.78 Å². The molecule has 30 heavy (non-hydrogen) atoms. The van der Waals surface area contributed by atoms with Crippen LogP contribution in [0.2, 0.25) is 5.02 Å². The van der Waals surface area contributed by atoms with Crippen LogP contribution in [0.25, 0.3) is 16.9 Å². The predicted octanol–water partition coefficient (Wildman–Crippen LogP) is 5.16. The molecule has 7 heteroatoms. The molecule has 0 saturated carbocycles. The fraction of sp³-hybridized carbons (Fsp3) is 0.0870. The summed E-state index contributed by atoms with van der Waals surface area (Å²) in [5, 5.41) is 4.56. The molecule has 0 spiro atoms. The number of oxime groups is 1. The minimum atomic E-state index is -0.581. The van der Waals surface area contributed by atoms with Crippen molar-refractivity contribution < 1.29 is 14.4 Å². The van der Waals surface area contributed by atoms with E-state index in [4.69, 9.17) is 26.2 Å². The van der Waals surface area contributed by atoms with Crippen molar-refractivity contribution in [1.82, 2.24) is 9.38 Å². The molecule has 0 unspecified atom stereocenters. The number of carbonyl (C=O) groups excluding carboxylic acids is 1. The van der Waals surface area contributed by atoms with Gasteiger partial charge in [0, 0.05) is 16.8 Å². The SMILES string of the molecule is COc1cccc(C(=O)O/N=C/c2c(-c3ccc(Cl)cc3)nc3cc(C)ccn23)c1. The Balaban J connectivity index is 1.67. The smallest absolute Gasteiger partial charge is 0.365 e. The number of pyridine rings is 1. The first kappa shape index (κ1) is 19.7. The lowest BCUT2D eigenvalue weighted by atomic mass is 10.1. The van der Waals surface area contributed by atoms with Crippen LogP contribution in [0, 0.1) is 6.92 Å². The maximum atomic E-state index is 12.3. The van der Waals surface area contributed by atoms with Crippen LogP contribution in [-0.4, -0.2) is 28.7 Å². The molecule has 2 aromatic heterocycles. The maximum Gasteiger partial charge on any atom is 0.365 e. The highest BCUT2D eigenvalue weighted by atomic mass is 35.5. The summed E-state index contributed by atoms with van der Waals surface area (Å²) in [5.41, 5.74) is 4.47. The molecule has 6 nitrogen and oxygen atoms in total. The Labute approximate surface area is 178 Å². The van der Waals surface area contributed by atoms with Crippen LogP contribution >= 0.6 is 11.6 Å². The summed E-state index contributed by atoms with van der Waals surface area (Å²) in [6.45, 7) is 2.00. The predicted molar refractivity (Wildman–Crippen MR) is 116 cm³/mol. The van der Waals surface area contributed by atoms with Crippen molar-refractivity contribution in [3.63, 3.8) is 0 Å². The van der Waals surface area contributed by atoms with E-state index in [9.17, 15) is 4.79 Å². The first-order valence-corrected chi connectivity index (χ1v) is 9.56. The second kappa shape index (κ2) is 8.39. The van der Waals surface area contributed by atoms with Gasteiger partial charge >= 0.3 is 5.97 Å². The third-order valence-electron chi connectivity index (χ3n) is 4.55. The zero-order chi connectivity index (χ0) is 21.1. The van der Waals surface area contributed by atoms with Crippen LogP contribution in [0.4, 0.5) is 0 Å². The molecule has 0 saturated heterocycles. The van der Waals surface area contributed by atoms with Gasteiger partial charge < -0.3 is 9.57 Å². The molecule has 0 radical (unpaired) electrons. The van der Waals surface area contributed by atoms with Crippen LogP contribution in [0.15, 0.2) is 72.0 Å². The molecule has 0 fully saturated rings. The largest absolute Gasteiger partial charge is 0.497 e. The van der Waals surface area contributed by atoms with Crippen LogP contribution in [0.5, 0.6) is 5.75 Å². The molecule has 2 aromatic carbocycles. The summed E-state index contributed by atoms with van der Waals surface area (Å²) in [6, 6.07) is 18.0. The van der Waals surface area contributed by atoms with Gasteiger partial charge in [-0.3, -0.25) is 4.40 Å². The monoisotopic (exact) mass is 419 g/mol. The Morgan fingerprint density at radius 2 is 1.93 bits per heavy atom. The van der Waals surface area contributed by atoms with E-state index < -0.39 is 5.97 Å². The van der Waals surface area contributed by atoms with Crippen molar-refractivity contribution in [2.24, 2.45) is 5.16 Å². The Morgan fingerprint density at radius 3 is 2.70 bits per heavy atom. The molecule has 0 aliphatic heterocycles. The van der Waals surface area contributed by atoms with E-state index in [1.165, 1.54) is 13.3 Å². The van der Waals surface area contributed by atoms with Gasteiger partial charge in [0.15, 0.2) is 0 Å². The van der Waals surface area contributed by atoms with Gasteiger partial charge in [0.2, 0.25) is 0 Å². The summed E-state index contributed by atoms with van der Waals surface area (Å²) < 4.78 is 7.02. The standard InChI is InChI=1S/C23H18ClN3O3/c1-15-10-11-27-20(14-25-30-23(28)17-4-3-5-19(13-17)29-2)22(26-21(27)12-15)16-6-8-18(24)9-7-16/h3-14H,1-2H3/b25-14+. The molecule has 0 atom stereocenters. The van der Waals surface area contributed by atoms with Gasteiger partial charge in [-0.05, 0) is 55.0 Å². The third kappa shape index (κ3) is 4.04. The zero-order valence-corrected chi connectivity index (χ0v) is 17.1. The highest BCUT2D eigenvalue weighted by Crippen LogP contribution is 2.25. The first-order chi connectivity index (χ1) is 14.5. The van der Waals surface area contributed by atoms with Crippen LogP contribution in [0.1, 0.15) is 21.6 Å². The van der Waals surface area contributed by atoms with Gasteiger partial charge in [0.05, 0.1) is 30.3 Å². The molecule has 0 aliphatic rings. The summed E-state index contributed by atoms with van der Waals surface area (Å²) in [4.78, 5) is 22.1. The number of halogens is 1. The number of aromatic nitrogens is 2. The first-order valence-electron chi connectivity index (χ1n) is 9.18. The molecule has 0 bridgehead atoms. The average Bonchev–Trinajstić information content (AvgIpc) is 3.11. The van der Waals surface area contributed by atoms with E-state index in [2.05, 4.69) is 5.16 Å². The summed E-state index contributed by atoms with van der Waals surface area (Å²) in [7, 11) is 1.54. The van der Waals surface area contributed by atoms with Crippen molar-refractivity contribution in [2.45, 2.75) is 6.92 Å². The number of ether oxygens (including phenoxy) is 1. The lowest BCUT2D eigenvalue weighted by Crippen LogP contribution is -2.02. The van der Waals surface area contributed by atoms with Gasteiger partial charge in [0.1, 0.15) is 11.4 Å². The summed E-state index contributed by atoms with van der Waals surface area (Å²) in [6.07, 6.45) is 3.39. The molecule has 0 N–H and O–H groups in total. The molecule has 0 aliphatic carbocycles. The summed E-state index contributed by atoms with van der Waals surface area (Å²) >= 11 is 6.02. The number of hydrogen-bond acceptors (Lipinski definition) is 5. The molecule has 4 rings (SSSR count). The highest BCUT2D eigenvalue weighted by Gasteiger charge is 2.14. The zero-order valence-electron chi connectivity index (χ0n) is 16.4. The topological polar surface area (TPSA) is 65.2 Å². The third-order valence-corrected chi connectivity index (χ3v) is 4.80. The Bertz CT molecular complexity index is 1250. The number of imidazole rings is 1. The lowest BCUT2D eigenvalue weighted by molar-refractivity contribution is 0.0518. The van der Waals surface area contributed by atoms with Crippen LogP contribution < -0.4 is 4.74 Å². The van der Waals surface area contributed by atoms with E-state index in [1.54, 1.807) is 36.4 Å². The fourth-order valence-corrected chi connectivity index (χ4v) is 3.16. The second-order valence-corrected chi connectivity index (χ2v) is 7.07. The average molecular weight is 420 g/mol. The van der Waals surface area contributed by atoms with Gasteiger partial charge in [-0.15, -0.1) is 0 Å². The van der Waals surface area contributed by atoms with Crippen LogP contribution in [-0.2, 0) is 4.84 Å². The number of nitrogens with zero attached hydrogens (tertiary/aromatic N) is 3. The molecule has 2 heterocycles. The van der Waals surface area contributed by atoms with Crippen molar-refractivity contribution in [3.8, 4) is 17.0 Å². The van der Waals surface area contributed by atoms with Crippen molar-refractivity contribution in [1.29, 1.82) is 0 Å². The second-order valence-electron chi connectivity index (χ2n) is 6.63. The van der Waals surface area contributed by atoms with Gasteiger partial charge in [-0.1, -0.05) is 35.0 Å². The number of methoxy groups -OCH3 is 1. The van der Waals surface area contributed by atoms with Gasteiger partial charge in [0.25, 0.3) is 0 Å². The molecule has 4 aromatic rings. The molecule has 150 valence electrons. The van der Waals surface area contributed by atoms with E-state index >= 15 is 0 Å². The number of aryl methyl sites for hydroxylation is 1. The number of fused-ring (bicyclic) bond motifs is 1. The Kier molecular flexibility index (Phi) is 5.50. The van der Waals surface area contributed by atoms with Crippen molar-refractivity contribution in [2.75, 3.05) is 7.11 Å². The molecule has 0 amide bonds. The van der Waals surface area contributed by atoms with Crippen molar-refractivity contribution in [3.05, 3.63) is 88.7 Å². The summed E-state index contributed by atoms with van der Waals surface area (Å²) in [5.74, 6) is -0.0153. The van der Waals surface area contributed by atoms with E-state index in [0.29, 0.717) is 27.7 Å². The van der Waals surface area contributed by atoms with Crippen LogP contribution in [0.3, 0.4) is 0 Å². The number of benzene rings is 2. The Morgan fingerprint density at radius 1 is 1.13 bits per heavy atom.